The number of anilines is 1. The Hall–Kier alpha value is -3.32. The van der Waals surface area contributed by atoms with Crippen LogP contribution in [0.2, 0.25) is 0 Å². The van der Waals surface area contributed by atoms with Crippen LogP contribution in [0.3, 0.4) is 0 Å². The molecule has 39 heavy (non-hydrogen) atoms. The molecule has 0 saturated carbocycles. The number of β-lactam (4-membered cyclic amide) rings is 1. The third-order valence-corrected chi connectivity index (χ3v) is 10.1. The Morgan fingerprint density at radius 3 is 2.85 bits per heavy atom. The van der Waals surface area contributed by atoms with Gasteiger partial charge in [0.2, 0.25) is 0 Å². The van der Waals surface area contributed by atoms with Gasteiger partial charge >= 0.3 is 5.97 Å². The maximum atomic E-state index is 13.0. The minimum Gasteiger partial charge on any atom is -0.477 e. The fourth-order valence-corrected chi connectivity index (χ4v) is 7.88. The number of aliphatic hydroxyl groups excluding tert-OH is 1. The molecule has 4 heterocycles. The van der Waals surface area contributed by atoms with E-state index in [4.69, 9.17) is 11.1 Å². The number of hydrogen-bond acceptors (Lipinski definition) is 14. The summed E-state index contributed by atoms with van der Waals surface area (Å²) in [6, 6.07) is 0.358. The molecule has 0 aliphatic carbocycles. The number of carboxylic acid groups (broad SMARTS) is 1. The van der Waals surface area contributed by atoms with Gasteiger partial charge in [-0.05, 0) is 6.07 Å². The van der Waals surface area contributed by atoms with E-state index in [1.54, 1.807) is 18.5 Å². The number of nitrogens with zero attached hydrogens (tertiary/aromatic N) is 4. The van der Waals surface area contributed by atoms with Gasteiger partial charge in [-0.15, -0.1) is 34.9 Å². The van der Waals surface area contributed by atoms with E-state index >= 15 is 0 Å². The molecule has 2 aliphatic heterocycles. The van der Waals surface area contributed by atoms with Gasteiger partial charge in [0.05, 0.1) is 19.0 Å². The smallest absolute Gasteiger partial charge is 0.353 e. The van der Waals surface area contributed by atoms with Crippen molar-refractivity contribution in [1.29, 1.82) is 5.41 Å². The number of thioether (sulfide) groups is 3. The van der Waals surface area contributed by atoms with Gasteiger partial charge in [-0.3, -0.25) is 24.9 Å². The summed E-state index contributed by atoms with van der Waals surface area (Å²) in [5, 5.41) is 45.1. The van der Waals surface area contributed by atoms with E-state index < -0.39 is 34.9 Å². The van der Waals surface area contributed by atoms with Crippen LogP contribution >= 0.6 is 46.6 Å². The highest BCUT2D eigenvalue weighted by atomic mass is 32.2. The molecular weight excluding hydrogens is 589 g/mol. The highest BCUT2D eigenvalue weighted by Crippen LogP contribution is 2.46. The molecule has 4 rings (SSSR count). The molecular formula is C21H22N8O6S4. The number of thiazole rings is 1. The number of carbonyl (C=O) groups excluding carboxylic acids is 2. The molecule has 18 heteroatoms. The summed E-state index contributed by atoms with van der Waals surface area (Å²) in [7, 11) is 0. The SMILES string of the molecule is N=CNC(CO)CSc1cnccc1SC1=C(C(=O)O)N2C(=O)[C@@H](NC(=O)/C(=N\O)c3csc(N)n3)[C@@H]2SC1. The summed E-state index contributed by atoms with van der Waals surface area (Å²) < 4.78 is 0. The van der Waals surface area contributed by atoms with Gasteiger partial charge in [0, 0.05) is 44.0 Å². The molecule has 206 valence electrons. The predicted molar refractivity (Wildman–Crippen MR) is 148 cm³/mol. The number of nitrogen functional groups attached to an aromatic ring is 1. The Bertz CT molecular complexity index is 1350. The quantitative estimate of drug-likeness (QED) is 0.0433. The Morgan fingerprint density at radius 2 is 2.21 bits per heavy atom. The molecule has 0 aromatic carbocycles. The molecule has 14 nitrogen and oxygen atoms in total. The van der Waals surface area contributed by atoms with Gasteiger partial charge in [0.1, 0.15) is 22.8 Å². The minimum absolute atomic E-state index is 0.0483. The fraction of sp³-hybridized carbons (Fsp3) is 0.286. The van der Waals surface area contributed by atoms with Crippen LogP contribution in [0.4, 0.5) is 5.13 Å². The summed E-state index contributed by atoms with van der Waals surface area (Å²) in [4.78, 5) is 49.1. The van der Waals surface area contributed by atoms with E-state index in [1.165, 1.54) is 40.7 Å². The molecule has 3 atom stereocenters. The Kier molecular flexibility index (Phi) is 9.33. The molecule has 2 amide bonds. The van der Waals surface area contributed by atoms with Crippen LogP contribution in [0.5, 0.6) is 0 Å². The highest BCUT2D eigenvalue weighted by Gasteiger charge is 2.54. The number of hydrogen-bond donors (Lipinski definition) is 7. The van der Waals surface area contributed by atoms with Gasteiger partial charge < -0.3 is 31.8 Å². The van der Waals surface area contributed by atoms with E-state index in [0.29, 0.717) is 10.7 Å². The van der Waals surface area contributed by atoms with Gasteiger partial charge in [-0.2, -0.15) is 0 Å². The lowest BCUT2D eigenvalue weighted by molar-refractivity contribution is -0.150. The number of carbonyl (C=O) groups is 3. The van der Waals surface area contributed by atoms with E-state index in [9.17, 15) is 29.8 Å². The van der Waals surface area contributed by atoms with Gasteiger partial charge in [0.25, 0.3) is 11.8 Å². The Balaban J connectivity index is 1.50. The third-order valence-electron chi connectivity index (χ3n) is 5.46. The van der Waals surface area contributed by atoms with Crippen LogP contribution in [0.1, 0.15) is 5.69 Å². The second-order valence-corrected chi connectivity index (χ2v) is 12.1. The molecule has 2 aliphatic rings. The van der Waals surface area contributed by atoms with Crippen molar-refractivity contribution >= 4 is 81.6 Å². The first-order valence-corrected chi connectivity index (χ1v) is 14.8. The van der Waals surface area contributed by atoms with E-state index in [1.807, 2.05) is 0 Å². The standard InChI is InChI=1S/C21H22N8O6S4/c22-8-25-9(4-30)5-36-12-3-24-2-1-11(12)39-13-7-37-19-15(18(32)29(19)16(13)20(33)34)27-17(31)14(28-35)10-6-38-21(23)26-10/h1-3,6,8-9,15,19,30,35H,4-5,7H2,(H2,22,25)(H2,23,26)(H,27,31)(H,33,34)/b28-14-/t9?,15-,19+/m1/s1. The Morgan fingerprint density at radius 1 is 1.41 bits per heavy atom. The maximum absolute atomic E-state index is 13.0. The predicted octanol–water partition coefficient (Wildman–Crippen LogP) is 0.437. The maximum Gasteiger partial charge on any atom is 0.353 e. The number of pyridine rings is 1. The molecule has 2 aromatic rings. The van der Waals surface area contributed by atoms with Gasteiger partial charge in [0.15, 0.2) is 10.8 Å². The first kappa shape index (κ1) is 28.7. The van der Waals surface area contributed by atoms with Crippen molar-refractivity contribution in [2.24, 2.45) is 5.16 Å². The van der Waals surface area contributed by atoms with Crippen molar-refractivity contribution < 1.29 is 29.8 Å². The number of fused-ring (bicyclic) bond motifs is 1. The van der Waals surface area contributed by atoms with E-state index in [-0.39, 0.29) is 34.9 Å². The summed E-state index contributed by atoms with van der Waals surface area (Å²) >= 11 is 4.93. The minimum atomic E-state index is -1.28. The van der Waals surface area contributed by atoms with Crippen LogP contribution in [0, 0.1) is 5.41 Å². The molecule has 1 saturated heterocycles. The van der Waals surface area contributed by atoms with Crippen LogP contribution in [-0.4, -0.2) is 95.7 Å². The van der Waals surface area contributed by atoms with Crippen molar-refractivity contribution in [2.45, 2.75) is 27.2 Å². The first-order chi connectivity index (χ1) is 18.8. The van der Waals surface area contributed by atoms with E-state index in [0.717, 1.165) is 32.4 Å². The molecule has 0 bridgehead atoms. The van der Waals surface area contributed by atoms with Crippen molar-refractivity contribution in [3.05, 3.63) is 40.1 Å². The zero-order valence-corrected chi connectivity index (χ0v) is 23.1. The van der Waals surface area contributed by atoms with Crippen LogP contribution in [-0.2, 0) is 14.4 Å². The topological polar surface area (TPSA) is 227 Å². The Labute approximate surface area is 238 Å². The molecule has 0 radical (unpaired) electrons. The number of nitrogens with two attached hydrogens (primary N) is 1. The average Bonchev–Trinajstić information content (AvgIpc) is 3.35. The normalized spacial score (nSPS) is 19.7. The second-order valence-electron chi connectivity index (χ2n) is 7.88. The van der Waals surface area contributed by atoms with Crippen molar-refractivity contribution in [1.82, 2.24) is 25.5 Å². The number of carboxylic acids is 1. The monoisotopic (exact) mass is 610 g/mol. The van der Waals surface area contributed by atoms with Crippen LogP contribution in [0.15, 0.2) is 49.4 Å². The van der Waals surface area contributed by atoms with Crippen LogP contribution in [0.25, 0.3) is 0 Å². The summed E-state index contributed by atoms with van der Waals surface area (Å²) in [6.07, 6.45) is 4.20. The molecule has 1 unspecified atom stereocenters. The molecule has 8 N–H and O–H groups in total. The zero-order chi connectivity index (χ0) is 28.1. The van der Waals surface area contributed by atoms with Crippen molar-refractivity contribution in [2.75, 3.05) is 23.8 Å². The van der Waals surface area contributed by atoms with Gasteiger partial charge in [-0.1, -0.05) is 16.9 Å². The number of aliphatic carboxylic acids is 1. The number of aromatic nitrogens is 2. The number of nitrogens with one attached hydrogen (secondary N) is 3. The summed E-state index contributed by atoms with van der Waals surface area (Å²) in [5.74, 6) is -2.04. The zero-order valence-electron chi connectivity index (χ0n) is 19.8. The molecule has 0 spiro atoms. The highest BCUT2D eigenvalue weighted by molar-refractivity contribution is 8.07. The summed E-state index contributed by atoms with van der Waals surface area (Å²) in [5.41, 5.74) is 5.04. The number of amides is 2. The fourth-order valence-electron chi connectivity index (χ4n) is 3.64. The average molecular weight is 611 g/mol. The largest absolute Gasteiger partial charge is 0.477 e. The van der Waals surface area contributed by atoms with Crippen LogP contribution < -0.4 is 16.4 Å². The lowest BCUT2D eigenvalue weighted by atomic mass is 10.0. The molecule has 2 aromatic heterocycles. The summed E-state index contributed by atoms with van der Waals surface area (Å²) in [6.45, 7) is -0.171. The lowest BCUT2D eigenvalue weighted by Gasteiger charge is -2.49. The number of rotatable bonds is 12. The molecule has 1 fully saturated rings. The van der Waals surface area contributed by atoms with Gasteiger partial charge in [-0.25, -0.2) is 9.78 Å². The lowest BCUT2D eigenvalue weighted by Crippen LogP contribution is -2.71. The number of aliphatic hydroxyl groups is 1. The third kappa shape index (κ3) is 6.14. The van der Waals surface area contributed by atoms with E-state index in [2.05, 4.69) is 25.8 Å². The van der Waals surface area contributed by atoms with Crippen molar-refractivity contribution in [3.8, 4) is 0 Å². The van der Waals surface area contributed by atoms with Crippen molar-refractivity contribution in [3.63, 3.8) is 0 Å². The first-order valence-electron chi connectivity index (χ1n) is 11.0. The second kappa shape index (κ2) is 12.7. The number of oxime groups is 1.